The Balaban J connectivity index is 1.27. The predicted molar refractivity (Wildman–Crippen MR) is 108 cm³/mol. The summed E-state index contributed by atoms with van der Waals surface area (Å²) in [4.78, 5) is 29.8. The molecule has 0 aromatic heterocycles. The van der Waals surface area contributed by atoms with Crippen molar-refractivity contribution in [2.24, 2.45) is 11.8 Å². The van der Waals surface area contributed by atoms with Crippen molar-refractivity contribution in [3.05, 3.63) is 47.5 Å². The largest absolute Gasteiger partial charge is 0.322 e. The highest BCUT2D eigenvalue weighted by Gasteiger charge is 2.48. The number of carbonyl (C=O) groups is 2. The van der Waals surface area contributed by atoms with Gasteiger partial charge in [0.15, 0.2) is 6.67 Å². The molecule has 0 radical (unpaired) electrons. The average molecular weight is 384 g/mol. The topological polar surface area (TPSA) is 46.3 Å². The van der Waals surface area contributed by atoms with Crippen LogP contribution in [-0.4, -0.2) is 49.6 Å². The van der Waals surface area contributed by atoms with E-state index in [0.29, 0.717) is 12.6 Å². The van der Waals surface area contributed by atoms with E-state index in [1.54, 1.807) is 9.80 Å². The molecule has 3 aliphatic rings. The van der Waals surface area contributed by atoms with Gasteiger partial charge in [0.05, 0.1) is 11.8 Å². The number of fused-ring (bicyclic) bond motifs is 1. The van der Waals surface area contributed by atoms with Crippen molar-refractivity contribution in [3.8, 4) is 0 Å². The summed E-state index contributed by atoms with van der Waals surface area (Å²) in [5.41, 5.74) is 2.79. The number of quaternary nitrogens is 2. The first kappa shape index (κ1) is 19.3. The lowest BCUT2D eigenvalue weighted by Crippen LogP contribution is -3.28. The first-order valence-electron chi connectivity index (χ1n) is 10.8. The Morgan fingerprint density at radius 2 is 1.43 bits per heavy atom. The van der Waals surface area contributed by atoms with Crippen LogP contribution in [0.2, 0.25) is 0 Å². The molecule has 2 N–H and O–H groups in total. The molecule has 2 aliphatic heterocycles. The second-order valence-corrected chi connectivity index (χ2v) is 8.99. The third kappa shape index (κ3) is 3.91. The standard InChI is InChI=1S/C23H31N3O2/c1-17(2)19-9-7-18(8-10-19)15-24-11-13-25(14-12-24)16-26-22(27)20-5-3-4-6-21(20)23(26)28/h3-4,7-10,17,20-21H,5-6,11-16H2,1-2H3/p+2/t20-,21+. The molecule has 1 aromatic carbocycles. The number of piperazine rings is 1. The van der Waals surface area contributed by atoms with E-state index < -0.39 is 0 Å². The van der Waals surface area contributed by atoms with Crippen molar-refractivity contribution in [2.45, 2.75) is 39.2 Å². The van der Waals surface area contributed by atoms with Gasteiger partial charge in [0.1, 0.15) is 32.7 Å². The molecular formula is C23H33N3O2+2. The van der Waals surface area contributed by atoms with Gasteiger partial charge in [-0.15, -0.1) is 0 Å². The summed E-state index contributed by atoms with van der Waals surface area (Å²) in [5, 5.41) is 0. The van der Waals surface area contributed by atoms with Gasteiger partial charge in [0, 0.05) is 5.56 Å². The zero-order valence-corrected chi connectivity index (χ0v) is 17.1. The fourth-order valence-electron chi connectivity index (χ4n) is 4.85. The van der Waals surface area contributed by atoms with Crippen LogP contribution in [0.4, 0.5) is 0 Å². The fourth-order valence-corrected chi connectivity index (χ4v) is 4.85. The Kier molecular flexibility index (Phi) is 5.65. The summed E-state index contributed by atoms with van der Waals surface area (Å²) in [5.74, 6) is 0.498. The maximum absolute atomic E-state index is 12.7. The number of likely N-dealkylation sites (tertiary alicyclic amines) is 1. The predicted octanol–water partition coefficient (Wildman–Crippen LogP) is 0.00210. The van der Waals surface area contributed by atoms with E-state index in [1.165, 1.54) is 16.0 Å². The van der Waals surface area contributed by atoms with Crippen LogP contribution in [0.5, 0.6) is 0 Å². The van der Waals surface area contributed by atoms with Crippen LogP contribution in [0, 0.1) is 11.8 Å². The zero-order valence-electron chi connectivity index (χ0n) is 17.1. The molecule has 0 unspecified atom stereocenters. The van der Waals surface area contributed by atoms with Crippen LogP contribution in [0.15, 0.2) is 36.4 Å². The van der Waals surface area contributed by atoms with Gasteiger partial charge >= 0.3 is 0 Å². The number of rotatable bonds is 5. The number of nitrogens with one attached hydrogen (secondary N) is 2. The van der Waals surface area contributed by atoms with Gasteiger partial charge in [0.2, 0.25) is 11.8 Å². The Hall–Kier alpha value is -1.98. The highest BCUT2D eigenvalue weighted by atomic mass is 16.2. The van der Waals surface area contributed by atoms with E-state index >= 15 is 0 Å². The molecular weight excluding hydrogens is 350 g/mol. The third-order valence-corrected chi connectivity index (χ3v) is 6.75. The summed E-state index contributed by atoms with van der Waals surface area (Å²) < 4.78 is 0. The van der Waals surface area contributed by atoms with Gasteiger partial charge in [0.25, 0.3) is 0 Å². The van der Waals surface area contributed by atoms with Gasteiger partial charge in [-0.05, 0) is 24.3 Å². The quantitative estimate of drug-likeness (QED) is 0.556. The highest BCUT2D eigenvalue weighted by molar-refractivity contribution is 6.05. The first-order chi connectivity index (χ1) is 13.5. The number of amides is 2. The van der Waals surface area contributed by atoms with Crippen molar-refractivity contribution in [1.82, 2.24) is 4.90 Å². The second-order valence-electron chi connectivity index (χ2n) is 8.99. The molecule has 2 atom stereocenters. The molecule has 5 heteroatoms. The lowest BCUT2D eigenvalue weighted by Gasteiger charge is -2.31. The molecule has 0 bridgehead atoms. The average Bonchev–Trinajstić information content (AvgIpc) is 2.95. The third-order valence-electron chi connectivity index (χ3n) is 6.75. The Morgan fingerprint density at radius 1 is 0.893 bits per heavy atom. The SMILES string of the molecule is CC(C)c1ccc(C[NH+]2CC[NH+](CN3C(=O)[C@H]4CC=CC[C@H]4C3=O)CC2)cc1. The summed E-state index contributed by atoms with van der Waals surface area (Å²) in [6.07, 6.45) is 5.57. The second kappa shape index (κ2) is 8.18. The van der Waals surface area contributed by atoms with Crippen molar-refractivity contribution >= 4 is 11.8 Å². The van der Waals surface area contributed by atoms with Crippen molar-refractivity contribution in [1.29, 1.82) is 0 Å². The maximum atomic E-state index is 12.7. The molecule has 1 aliphatic carbocycles. The molecule has 4 rings (SSSR count). The normalized spacial score (nSPS) is 30.2. The van der Waals surface area contributed by atoms with Crippen LogP contribution >= 0.6 is 0 Å². The zero-order chi connectivity index (χ0) is 19.7. The Bertz CT molecular complexity index is 722. The van der Waals surface area contributed by atoms with Crippen molar-refractivity contribution in [3.63, 3.8) is 0 Å². The van der Waals surface area contributed by atoms with Crippen LogP contribution in [-0.2, 0) is 16.1 Å². The van der Waals surface area contributed by atoms with E-state index in [1.807, 2.05) is 0 Å². The first-order valence-corrected chi connectivity index (χ1v) is 10.8. The Morgan fingerprint density at radius 3 is 1.96 bits per heavy atom. The maximum Gasteiger partial charge on any atom is 0.237 e. The van der Waals surface area contributed by atoms with E-state index in [-0.39, 0.29) is 23.7 Å². The monoisotopic (exact) mass is 383 g/mol. The van der Waals surface area contributed by atoms with E-state index in [9.17, 15) is 9.59 Å². The smallest absolute Gasteiger partial charge is 0.237 e. The van der Waals surface area contributed by atoms with Gasteiger partial charge in [-0.3, -0.25) is 9.59 Å². The molecule has 150 valence electrons. The minimum atomic E-state index is -0.0994. The number of hydrogen-bond acceptors (Lipinski definition) is 2. The van der Waals surface area contributed by atoms with Crippen molar-refractivity contribution < 1.29 is 19.4 Å². The molecule has 2 heterocycles. The highest BCUT2D eigenvalue weighted by Crippen LogP contribution is 2.34. The molecule has 0 spiro atoms. The number of benzene rings is 1. The number of hydrogen-bond donors (Lipinski definition) is 2. The number of imide groups is 1. The van der Waals surface area contributed by atoms with E-state index in [2.05, 4.69) is 50.3 Å². The molecule has 1 aromatic rings. The van der Waals surface area contributed by atoms with Crippen LogP contribution < -0.4 is 9.80 Å². The van der Waals surface area contributed by atoms with Crippen LogP contribution in [0.3, 0.4) is 0 Å². The molecule has 2 fully saturated rings. The van der Waals surface area contributed by atoms with Crippen LogP contribution in [0.1, 0.15) is 43.7 Å². The Labute approximate surface area is 168 Å². The van der Waals surface area contributed by atoms with E-state index in [0.717, 1.165) is 45.6 Å². The molecule has 2 saturated heterocycles. The number of allylic oxidation sites excluding steroid dienone is 2. The van der Waals surface area contributed by atoms with Gasteiger partial charge in [-0.2, -0.15) is 0 Å². The lowest BCUT2D eigenvalue weighted by molar-refractivity contribution is -1.02. The number of carbonyl (C=O) groups excluding carboxylic acids is 2. The summed E-state index contributed by atoms with van der Waals surface area (Å²) in [6, 6.07) is 9.03. The molecule has 0 saturated carbocycles. The minimum absolute atomic E-state index is 0.0619. The van der Waals surface area contributed by atoms with Gasteiger partial charge in [-0.25, -0.2) is 4.90 Å². The summed E-state index contributed by atoms with van der Waals surface area (Å²) in [7, 11) is 0. The van der Waals surface area contributed by atoms with Gasteiger partial charge < -0.3 is 9.80 Å². The fraction of sp³-hybridized carbons (Fsp3) is 0.565. The van der Waals surface area contributed by atoms with E-state index in [4.69, 9.17) is 0 Å². The van der Waals surface area contributed by atoms with Crippen molar-refractivity contribution in [2.75, 3.05) is 32.8 Å². The van der Waals surface area contributed by atoms with Gasteiger partial charge in [-0.1, -0.05) is 50.3 Å². The molecule has 5 nitrogen and oxygen atoms in total. The molecule has 28 heavy (non-hydrogen) atoms. The minimum Gasteiger partial charge on any atom is -0.322 e. The summed E-state index contributed by atoms with van der Waals surface area (Å²) >= 11 is 0. The van der Waals surface area contributed by atoms with Crippen LogP contribution in [0.25, 0.3) is 0 Å². The lowest BCUT2D eigenvalue weighted by atomic mass is 9.85. The summed E-state index contributed by atoms with van der Waals surface area (Å²) in [6.45, 7) is 10.3. The number of nitrogens with zero attached hydrogens (tertiary/aromatic N) is 1. The molecule has 2 amide bonds.